The Bertz CT molecular complexity index is 1230. The van der Waals surface area contributed by atoms with E-state index in [9.17, 15) is 14.0 Å². The van der Waals surface area contributed by atoms with Crippen LogP contribution in [0.3, 0.4) is 0 Å². The van der Waals surface area contributed by atoms with E-state index in [1.165, 1.54) is 18.2 Å². The van der Waals surface area contributed by atoms with Crippen LogP contribution in [0.15, 0.2) is 109 Å². The molecule has 6 heteroatoms. The Morgan fingerprint density at radius 1 is 0.647 bits per heavy atom. The van der Waals surface area contributed by atoms with Crippen LogP contribution in [0.5, 0.6) is 0 Å². The molecular weight excluding hydrogens is 451 g/mol. The average molecular weight is 473 g/mol. The van der Waals surface area contributed by atoms with Crippen LogP contribution in [-0.4, -0.2) is 11.8 Å². The standard InChI is InChI=1S/C28H22ClFN2O2/c29-22-17-15-21(16-18-22)26(32-27(33)23-13-7-8-14-24(23)30)28(34)31-25(19-9-3-1-4-10-19)20-11-5-2-6-12-20/h1-18,25-26H,(H,31,34)(H,32,33)/t26-/m0/s1. The first-order chi connectivity index (χ1) is 16.5. The summed E-state index contributed by atoms with van der Waals surface area (Å²) in [6.07, 6.45) is 0. The molecule has 4 aromatic rings. The maximum absolute atomic E-state index is 14.2. The van der Waals surface area contributed by atoms with Crippen molar-refractivity contribution in [2.45, 2.75) is 12.1 Å². The molecule has 0 aromatic heterocycles. The van der Waals surface area contributed by atoms with Crippen LogP contribution in [0.1, 0.15) is 39.1 Å². The van der Waals surface area contributed by atoms with E-state index in [4.69, 9.17) is 11.6 Å². The molecule has 170 valence electrons. The van der Waals surface area contributed by atoms with Gasteiger partial charge >= 0.3 is 0 Å². The van der Waals surface area contributed by atoms with Gasteiger partial charge in [-0.15, -0.1) is 0 Å². The largest absolute Gasteiger partial charge is 0.343 e. The highest BCUT2D eigenvalue weighted by atomic mass is 35.5. The number of nitrogens with one attached hydrogen (secondary N) is 2. The van der Waals surface area contributed by atoms with Crippen molar-refractivity contribution in [1.82, 2.24) is 10.6 Å². The van der Waals surface area contributed by atoms with E-state index in [1.807, 2.05) is 60.7 Å². The summed E-state index contributed by atoms with van der Waals surface area (Å²) in [5, 5.41) is 6.23. The Kier molecular flexibility index (Phi) is 7.35. The third-order valence-electron chi connectivity index (χ3n) is 5.41. The number of carbonyl (C=O) groups excluding carboxylic acids is 2. The van der Waals surface area contributed by atoms with Crippen LogP contribution in [0.25, 0.3) is 0 Å². The molecule has 0 radical (unpaired) electrons. The van der Waals surface area contributed by atoms with E-state index >= 15 is 0 Å². The SMILES string of the molecule is O=C(N[C@H](C(=O)NC(c1ccccc1)c1ccccc1)c1ccc(Cl)cc1)c1ccccc1F. The second kappa shape index (κ2) is 10.8. The molecule has 0 heterocycles. The summed E-state index contributed by atoms with van der Waals surface area (Å²) >= 11 is 6.03. The van der Waals surface area contributed by atoms with Gasteiger partial charge in [-0.25, -0.2) is 4.39 Å². The minimum atomic E-state index is -1.07. The van der Waals surface area contributed by atoms with Crippen LogP contribution < -0.4 is 10.6 Å². The Labute approximate surface area is 202 Å². The van der Waals surface area contributed by atoms with E-state index < -0.39 is 29.7 Å². The van der Waals surface area contributed by atoms with Crippen LogP contribution in [0, 0.1) is 5.82 Å². The van der Waals surface area contributed by atoms with Crippen LogP contribution >= 0.6 is 11.6 Å². The monoisotopic (exact) mass is 472 g/mol. The maximum atomic E-state index is 14.2. The smallest absolute Gasteiger partial charge is 0.255 e. The van der Waals surface area contributed by atoms with E-state index in [0.717, 1.165) is 11.1 Å². The van der Waals surface area contributed by atoms with Gasteiger partial charge in [-0.05, 0) is 41.0 Å². The minimum Gasteiger partial charge on any atom is -0.343 e. The number of benzene rings is 4. The highest BCUT2D eigenvalue weighted by molar-refractivity contribution is 6.30. The van der Waals surface area contributed by atoms with Gasteiger partial charge in [-0.2, -0.15) is 0 Å². The summed E-state index contributed by atoms with van der Waals surface area (Å²) in [5.74, 6) is -1.80. The van der Waals surface area contributed by atoms with Gasteiger partial charge in [-0.1, -0.05) is 96.5 Å². The minimum absolute atomic E-state index is 0.142. The molecule has 0 fully saturated rings. The first kappa shape index (κ1) is 23.2. The lowest BCUT2D eigenvalue weighted by Gasteiger charge is -2.25. The molecule has 2 N–H and O–H groups in total. The van der Waals surface area contributed by atoms with Gasteiger partial charge in [0, 0.05) is 5.02 Å². The zero-order chi connectivity index (χ0) is 23.9. The van der Waals surface area contributed by atoms with Crippen molar-refractivity contribution in [3.8, 4) is 0 Å². The molecule has 0 aliphatic rings. The number of halogens is 2. The van der Waals surface area contributed by atoms with Crippen molar-refractivity contribution in [2.75, 3.05) is 0 Å². The lowest BCUT2D eigenvalue weighted by molar-refractivity contribution is -0.123. The predicted octanol–water partition coefficient (Wildman–Crippen LogP) is 5.86. The Morgan fingerprint density at radius 3 is 1.74 bits per heavy atom. The van der Waals surface area contributed by atoms with E-state index in [1.54, 1.807) is 30.3 Å². The van der Waals surface area contributed by atoms with Crippen molar-refractivity contribution < 1.29 is 14.0 Å². The van der Waals surface area contributed by atoms with Gasteiger partial charge in [-0.3, -0.25) is 9.59 Å². The van der Waals surface area contributed by atoms with Crippen LogP contribution in [0.2, 0.25) is 5.02 Å². The van der Waals surface area contributed by atoms with Crippen molar-refractivity contribution in [1.29, 1.82) is 0 Å². The highest BCUT2D eigenvalue weighted by Crippen LogP contribution is 2.24. The van der Waals surface area contributed by atoms with Gasteiger partial charge in [0.25, 0.3) is 5.91 Å². The number of amides is 2. The molecule has 0 aliphatic carbocycles. The number of carbonyl (C=O) groups is 2. The molecule has 4 nitrogen and oxygen atoms in total. The second-order valence-electron chi connectivity index (χ2n) is 7.70. The third kappa shape index (κ3) is 5.50. The summed E-state index contributed by atoms with van der Waals surface area (Å²) in [7, 11) is 0. The van der Waals surface area contributed by atoms with Crippen molar-refractivity contribution >= 4 is 23.4 Å². The van der Waals surface area contributed by atoms with Gasteiger partial charge in [0.2, 0.25) is 5.91 Å². The van der Waals surface area contributed by atoms with Crippen LogP contribution in [0.4, 0.5) is 4.39 Å². The first-order valence-electron chi connectivity index (χ1n) is 10.7. The molecule has 2 amide bonds. The van der Waals surface area contributed by atoms with E-state index in [2.05, 4.69) is 10.6 Å². The van der Waals surface area contributed by atoms with Crippen molar-refractivity contribution in [3.63, 3.8) is 0 Å². The lowest BCUT2D eigenvalue weighted by atomic mass is 9.97. The predicted molar refractivity (Wildman–Crippen MR) is 131 cm³/mol. The molecule has 0 unspecified atom stereocenters. The molecule has 4 aromatic carbocycles. The zero-order valence-electron chi connectivity index (χ0n) is 18.1. The molecule has 34 heavy (non-hydrogen) atoms. The fourth-order valence-corrected chi connectivity index (χ4v) is 3.81. The maximum Gasteiger partial charge on any atom is 0.255 e. The van der Waals surface area contributed by atoms with Gasteiger partial charge in [0.1, 0.15) is 11.9 Å². The molecule has 1 atom stereocenters. The molecule has 0 bridgehead atoms. The second-order valence-corrected chi connectivity index (χ2v) is 8.14. The van der Waals surface area contributed by atoms with Crippen molar-refractivity contribution in [2.24, 2.45) is 0 Å². The molecule has 0 saturated carbocycles. The van der Waals surface area contributed by atoms with Crippen LogP contribution in [-0.2, 0) is 4.79 Å². The summed E-state index contributed by atoms with van der Waals surface area (Å²) in [6, 6.07) is 29.8. The molecule has 0 saturated heterocycles. The fourth-order valence-electron chi connectivity index (χ4n) is 3.69. The van der Waals surface area contributed by atoms with Crippen molar-refractivity contribution in [3.05, 3.63) is 142 Å². The summed E-state index contributed by atoms with van der Waals surface area (Å²) < 4.78 is 14.2. The zero-order valence-corrected chi connectivity index (χ0v) is 18.9. The summed E-state index contributed by atoms with van der Waals surface area (Å²) in [5.41, 5.74) is 2.15. The van der Waals surface area contributed by atoms with E-state index in [-0.39, 0.29) is 5.56 Å². The number of rotatable bonds is 7. The van der Waals surface area contributed by atoms with Gasteiger partial charge in [0.05, 0.1) is 11.6 Å². The third-order valence-corrected chi connectivity index (χ3v) is 5.66. The molecule has 0 spiro atoms. The Morgan fingerprint density at radius 2 is 1.18 bits per heavy atom. The Hall–Kier alpha value is -3.96. The average Bonchev–Trinajstić information content (AvgIpc) is 2.87. The lowest BCUT2D eigenvalue weighted by Crippen LogP contribution is -2.42. The highest BCUT2D eigenvalue weighted by Gasteiger charge is 2.27. The van der Waals surface area contributed by atoms with Gasteiger partial charge < -0.3 is 10.6 Å². The Balaban J connectivity index is 1.67. The molecular formula is C28H22ClFN2O2. The topological polar surface area (TPSA) is 58.2 Å². The normalized spacial score (nSPS) is 11.6. The first-order valence-corrected chi connectivity index (χ1v) is 11.1. The van der Waals surface area contributed by atoms with Gasteiger partial charge in [0.15, 0.2) is 0 Å². The van der Waals surface area contributed by atoms with E-state index in [0.29, 0.717) is 10.6 Å². The quantitative estimate of drug-likeness (QED) is 0.354. The fraction of sp³-hybridized carbons (Fsp3) is 0.0714. The summed E-state index contributed by atoms with van der Waals surface area (Å²) in [4.78, 5) is 26.5. The molecule has 0 aliphatic heterocycles. The number of hydrogen-bond acceptors (Lipinski definition) is 2. The number of hydrogen-bond donors (Lipinski definition) is 2. The molecule has 4 rings (SSSR count). The summed E-state index contributed by atoms with van der Waals surface area (Å²) in [6.45, 7) is 0.